The molecule has 0 spiro atoms. The molecule has 1 aromatic carbocycles. The minimum absolute atomic E-state index is 0.0694. The summed E-state index contributed by atoms with van der Waals surface area (Å²) < 4.78 is 34.0. The molecule has 2 rings (SSSR count). The summed E-state index contributed by atoms with van der Waals surface area (Å²) in [4.78, 5) is 0.0694. The number of nitrogens with zero attached hydrogens (tertiary/aromatic N) is 1. The van der Waals surface area contributed by atoms with Gasteiger partial charge in [-0.1, -0.05) is 5.16 Å². The van der Waals surface area contributed by atoms with E-state index in [1.807, 2.05) is 0 Å². The summed E-state index contributed by atoms with van der Waals surface area (Å²) in [5, 5.41) is 3.57. The van der Waals surface area contributed by atoms with E-state index in [2.05, 4.69) is 21.1 Å². The van der Waals surface area contributed by atoms with Crippen LogP contribution in [0.3, 0.4) is 0 Å². The maximum absolute atomic E-state index is 11.8. The number of aromatic nitrogens is 1. The van der Waals surface area contributed by atoms with Crippen molar-refractivity contribution < 1.29 is 17.7 Å². The van der Waals surface area contributed by atoms with Gasteiger partial charge in [-0.25, -0.2) is 8.42 Å². The van der Waals surface area contributed by atoms with Crippen molar-refractivity contribution in [2.24, 2.45) is 0 Å². The van der Waals surface area contributed by atoms with E-state index in [1.54, 1.807) is 6.07 Å². The van der Waals surface area contributed by atoms with Crippen LogP contribution < -0.4 is 10.5 Å². The lowest BCUT2D eigenvalue weighted by atomic mass is 10.1. The van der Waals surface area contributed by atoms with E-state index in [1.165, 1.54) is 19.4 Å². The van der Waals surface area contributed by atoms with Crippen LogP contribution in [0.15, 0.2) is 32.2 Å². The van der Waals surface area contributed by atoms with Crippen LogP contribution >= 0.6 is 15.9 Å². The molecule has 0 amide bonds. The van der Waals surface area contributed by atoms with Crippen LogP contribution in [-0.2, 0) is 9.84 Å². The highest BCUT2D eigenvalue weighted by Crippen LogP contribution is 2.38. The summed E-state index contributed by atoms with van der Waals surface area (Å²) in [6.07, 6.45) is 2.54. The van der Waals surface area contributed by atoms with Crippen molar-refractivity contribution in [3.63, 3.8) is 0 Å². The first-order valence-corrected chi connectivity index (χ1v) is 7.81. The average molecular weight is 347 g/mol. The van der Waals surface area contributed by atoms with E-state index >= 15 is 0 Å². The molecule has 8 heteroatoms. The molecule has 0 fully saturated rings. The standard InChI is InChI=1S/C11H11BrN2O4S/c1-17-10-8(12)3-6(4-9(10)19(2,15)16)7-5-14-18-11(7)13/h3-5H,13H2,1-2H3. The van der Waals surface area contributed by atoms with Gasteiger partial charge < -0.3 is 15.0 Å². The number of halogens is 1. The van der Waals surface area contributed by atoms with Crippen molar-refractivity contribution >= 4 is 31.7 Å². The molecular weight excluding hydrogens is 336 g/mol. The zero-order valence-corrected chi connectivity index (χ0v) is 12.6. The molecule has 0 aliphatic carbocycles. The van der Waals surface area contributed by atoms with Crippen LogP contribution in [0.5, 0.6) is 5.75 Å². The highest BCUT2D eigenvalue weighted by molar-refractivity contribution is 9.10. The molecule has 2 N–H and O–H groups in total. The predicted molar refractivity (Wildman–Crippen MR) is 73.7 cm³/mol. The molecule has 0 unspecified atom stereocenters. The van der Waals surface area contributed by atoms with Crippen molar-refractivity contribution in [1.29, 1.82) is 0 Å². The zero-order chi connectivity index (χ0) is 14.2. The van der Waals surface area contributed by atoms with Crippen LogP contribution in [0.1, 0.15) is 0 Å². The number of anilines is 1. The quantitative estimate of drug-likeness (QED) is 0.914. The maximum Gasteiger partial charge on any atom is 0.229 e. The number of ether oxygens (including phenoxy) is 1. The first kappa shape index (κ1) is 13.9. The Bertz CT molecular complexity index is 724. The van der Waals surface area contributed by atoms with Gasteiger partial charge in [0.2, 0.25) is 5.88 Å². The average Bonchev–Trinajstić information content (AvgIpc) is 2.73. The van der Waals surface area contributed by atoms with E-state index in [0.29, 0.717) is 15.6 Å². The van der Waals surface area contributed by atoms with E-state index in [-0.39, 0.29) is 16.5 Å². The molecule has 1 heterocycles. The summed E-state index contributed by atoms with van der Waals surface area (Å²) >= 11 is 3.28. The SMILES string of the molecule is COc1c(Br)cc(-c2cnoc2N)cc1S(C)(=O)=O. The van der Waals surface area contributed by atoms with E-state index in [9.17, 15) is 8.42 Å². The monoisotopic (exact) mass is 346 g/mol. The van der Waals surface area contributed by atoms with Gasteiger partial charge in [0.1, 0.15) is 4.90 Å². The van der Waals surface area contributed by atoms with Gasteiger partial charge in [-0.3, -0.25) is 0 Å². The first-order valence-electron chi connectivity index (χ1n) is 5.12. The van der Waals surface area contributed by atoms with Gasteiger partial charge in [-0.05, 0) is 33.6 Å². The molecule has 19 heavy (non-hydrogen) atoms. The lowest BCUT2D eigenvalue weighted by molar-refractivity contribution is 0.400. The summed E-state index contributed by atoms with van der Waals surface area (Å²) in [6, 6.07) is 3.16. The van der Waals surface area contributed by atoms with Crippen LogP contribution in [-0.4, -0.2) is 26.9 Å². The highest BCUT2D eigenvalue weighted by Gasteiger charge is 2.20. The van der Waals surface area contributed by atoms with E-state index < -0.39 is 9.84 Å². The Balaban J connectivity index is 2.75. The molecule has 2 aromatic rings. The Kier molecular flexibility index (Phi) is 3.55. The summed E-state index contributed by atoms with van der Waals surface area (Å²) in [5.74, 6) is 0.373. The third-order valence-corrected chi connectivity index (χ3v) is 4.21. The van der Waals surface area contributed by atoms with Gasteiger partial charge in [-0.15, -0.1) is 0 Å². The van der Waals surface area contributed by atoms with Crippen molar-refractivity contribution in [2.75, 3.05) is 19.1 Å². The Hall–Kier alpha value is -1.54. The third kappa shape index (κ3) is 2.59. The summed E-state index contributed by atoms with van der Waals surface area (Å²) in [5.41, 5.74) is 6.72. The van der Waals surface area contributed by atoms with Gasteiger partial charge in [0.15, 0.2) is 15.6 Å². The summed E-state index contributed by atoms with van der Waals surface area (Å²) in [7, 11) is -2.04. The normalized spacial score (nSPS) is 11.5. The number of rotatable bonds is 3. The molecule has 0 radical (unpaired) electrons. The van der Waals surface area contributed by atoms with Gasteiger partial charge in [0.25, 0.3) is 0 Å². The Morgan fingerprint density at radius 3 is 2.58 bits per heavy atom. The molecule has 1 aromatic heterocycles. The molecule has 0 aliphatic heterocycles. The molecule has 102 valence electrons. The van der Waals surface area contributed by atoms with Crippen molar-refractivity contribution in [3.05, 3.63) is 22.8 Å². The molecule has 0 saturated heterocycles. The number of methoxy groups -OCH3 is 1. The number of nitrogens with two attached hydrogens (primary N) is 1. The third-order valence-electron chi connectivity index (χ3n) is 2.52. The fourth-order valence-corrected chi connectivity index (χ4v) is 3.29. The lowest BCUT2D eigenvalue weighted by Gasteiger charge is -2.11. The van der Waals surface area contributed by atoms with Crippen LogP contribution in [0.25, 0.3) is 11.1 Å². The van der Waals surface area contributed by atoms with Gasteiger partial charge in [-0.2, -0.15) is 0 Å². The Morgan fingerprint density at radius 1 is 1.42 bits per heavy atom. The van der Waals surface area contributed by atoms with Crippen molar-refractivity contribution in [2.45, 2.75) is 4.90 Å². The van der Waals surface area contributed by atoms with Gasteiger partial charge in [0, 0.05) is 6.26 Å². The van der Waals surface area contributed by atoms with Crippen molar-refractivity contribution in [3.8, 4) is 16.9 Å². The Morgan fingerprint density at radius 2 is 2.11 bits per heavy atom. The smallest absolute Gasteiger partial charge is 0.229 e. The fourth-order valence-electron chi connectivity index (χ4n) is 1.66. The second-order valence-corrected chi connectivity index (χ2v) is 6.70. The Labute approximate surface area is 118 Å². The second kappa shape index (κ2) is 4.86. The molecular formula is C11H11BrN2O4S. The van der Waals surface area contributed by atoms with Gasteiger partial charge in [0.05, 0.1) is 23.3 Å². The largest absolute Gasteiger partial charge is 0.494 e. The second-order valence-electron chi connectivity index (χ2n) is 3.87. The predicted octanol–water partition coefficient (Wildman–Crippen LogP) is 2.10. The number of hydrogen-bond acceptors (Lipinski definition) is 6. The fraction of sp³-hybridized carbons (Fsp3) is 0.182. The van der Waals surface area contributed by atoms with E-state index in [0.717, 1.165) is 6.26 Å². The summed E-state index contributed by atoms with van der Waals surface area (Å²) in [6.45, 7) is 0. The number of benzene rings is 1. The van der Waals surface area contributed by atoms with Crippen LogP contribution in [0, 0.1) is 0 Å². The minimum Gasteiger partial charge on any atom is -0.494 e. The van der Waals surface area contributed by atoms with Crippen LogP contribution in [0.2, 0.25) is 0 Å². The van der Waals surface area contributed by atoms with Crippen LogP contribution in [0.4, 0.5) is 5.88 Å². The molecule has 0 bridgehead atoms. The topological polar surface area (TPSA) is 95.4 Å². The molecule has 0 atom stereocenters. The van der Waals surface area contributed by atoms with Crippen molar-refractivity contribution in [1.82, 2.24) is 5.16 Å². The highest BCUT2D eigenvalue weighted by atomic mass is 79.9. The van der Waals surface area contributed by atoms with E-state index in [4.69, 9.17) is 15.0 Å². The first-order chi connectivity index (χ1) is 8.84. The molecule has 6 nitrogen and oxygen atoms in total. The molecule has 0 saturated carbocycles. The zero-order valence-electron chi connectivity index (χ0n) is 10.2. The number of hydrogen-bond donors (Lipinski definition) is 1. The lowest BCUT2D eigenvalue weighted by Crippen LogP contribution is -2.02. The minimum atomic E-state index is -3.44. The molecule has 0 aliphatic rings. The number of nitrogen functional groups attached to an aromatic ring is 1. The number of sulfone groups is 1. The maximum atomic E-state index is 11.8. The van der Waals surface area contributed by atoms with Gasteiger partial charge >= 0.3 is 0 Å².